The Labute approximate surface area is 176 Å². The first-order valence-corrected chi connectivity index (χ1v) is 9.49. The van der Waals surface area contributed by atoms with E-state index in [2.05, 4.69) is 20.3 Å². The van der Waals surface area contributed by atoms with Crippen molar-refractivity contribution in [2.45, 2.75) is 13.0 Å². The van der Waals surface area contributed by atoms with Gasteiger partial charge in [-0.2, -0.15) is 10.5 Å². The third-order valence-electron chi connectivity index (χ3n) is 5.16. The summed E-state index contributed by atoms with van der Waals surface area (Å²) in [6, 6.07) is 10.4. The highest BCUT2D eigenvalue weighted by molar-refractivity contribution is 5.78. The van der Waals surface area contributed by atoms with E-state index in [-0.39, 0.29) is 18.1 Å². The van der Waals surface area contributed by atoms with Crippen LogP contribution in [0.1, 0.15) is 22.5 Å². The summed E-state index contributed by atoms with van der Waals surface area (Å²) < 4.78 is 21.6. The average Bonchev–Trinajstić information content (AvgIpc) is 3.45. The van der Waals surface area contributed by atoms with Crippen molar-refractivity contribution in [2.24, 2.45) is 0 Å². The summed E-state index contributed by atoms with van der Waals surface area (Å²) in [4.78, 5) is 12.9. The molecule has 0 bridgehead atoms. The van der Waals surface area contributed by atoms with Crippen molar-refractivity contribution in [1.82, 2.24) is 19.4 Å². The predicted octanol–water partition coefficient (Wildman–Crippen LogP) is 3.22. The average molecular weight is 411 g/mol. The molecular weight excluding hydrogens is 397 g/mol. The Morgan fingerprint density at radius 1 is 1.10 bits per heavy atom. The molecule has 0 saturated heterocycles. The number of rotatable bonds is 4. The molecule has 1 aromatic carbocycles. The molecule has 4 aromatic rings. The fourth-order valence-corrected chi connectivity index (χ4v) is 3.66. The Bertz CT molecular complexity index is 1400. The second kappa shape index (κ2) is 7.39. The maximum Gasteiger partial charge on any atom is 0.208 e. The molecule has 1 aliphatic heterocycles. The van der Waals surface area contributed by atoms with E-state index in [1.165, 1.54) is 6.07 Å². The number of ether oxygens (including phenoxy) is 1. The van der Waals surface area contributed by atoms with Gasteiger partial charge in [0.2, 0.25) is 5.95 Å². The van der Waals surface area contributed by atoms with Crippen LogP contribution in [0.5, 0.6) is 5.75 Å². The molecular formula is C22H14FN7O. The fourth-order valence-electron chi connectivity index (χ4n) is 3.66. The van der Waals surface area contributed by atoms with Crippen LogP contribution in [0.2, 0.25) is 0 Å². The van der Waals surface area contributed by atoms with Crippen molar-refractivity contribution in [2.75, 3.05) is 11.9 Å². The molecule has 0 atom stereocenters. The molecule has 0 radical (unpaired) electrons. The van der Waals surface area contributed by atoms with Crippen molar-refractivity contribution in [1.29, 1.82) is 10.5 Å². The van der Waals surface area contributed by atoms with E-state index < -0.39 is 0 Å². The van der Waals surface area contributed by atoms with Crippen LogP contribution in [0.15, 0.2) is 42.9 Å². The van der Waals surface area contributed by atoms with Gasteiger partial charge in [0.1, 0.15) is 29.4 Å². The molecule has 5 rings (SSSR count). The van der Waals surface area contributed by atoms with E-state index in [0.29, 0.717) is 52.8 Å². The Morgan fingerprint density at radius 3 is 2.74 bits per heavy atom. The molecule has 0 spiro atoms. The van der Waals surface area contributed by atoms with Gasteiger partial charge in [-0.3, -0.25) is 4.40 Å². The fraction of sp³-hybridized carbons (Fsp3) is 0.136. The van der Waals surface area contributed by atoms with Crippen molar-refractivity contribution < 1.29 is 9.13 Å². The van der Waals surface area contributed by atoms with E-state index in [9.17, 15) is 9.65 Å². The van der Waals surface area contributed by atoms with Crippen LogP contribution >= 0.6 is 0 Å². The van der Waals surface area contributed by atoms with Crippen LogP contribution in [0.25, 0.3) is 16.8 Å². The second-order valence-corrected chi connectivity index (χ2v) is 6.93. The van der Waals surface area contributed by atoms with Gasteiger partial charge in [-0.15, -0.1) is 0 Å². The van der Waals surface area contributed by atoms with Gasteiger partial charge < -0.3 is 10.1 Å². The maximum atomic E-state index is 14.5. The molecule has 150 valence electrons. The SMILES string of the molecule is N#Cc1ccc(-c2cnc(NCc3c(F)ccc4c3CCO4)n3cc(C#N)nc23)cn1. The van der Waals surface area contributed by atoms with E-state index in [1.54, 1.807) is 41.2 Å². The summed E-state index contributed by atoms with van der Waals surface area (Å²) in [7, 11) is 0. The zero-order valence-corrected chi connectivity index (χ0v) is 16.1. The minimum absolute atomic E-state index is 0.207. The number of anilines is 1. The number of nitrogens with zero attached hydrogens (tertiary/aromatic N) is 6. The number of nitrogens with one attached hydrogen (secondary N) is 1. The number of fused-ring (bicyclic) bond motifs is 2. The van der Waals surface area contributed by atoms with Gasteiger partial charge in [0.15, 0.2) is 11.3 Å². The second-order valence-electron chi connectivity index (χ2n) is 6.93. The molecule has 9 heteroatoms. The van der Waals surface area contributed by atoms with Crippen LogP contribution in [0.3, 0.4) is 0 Å². The van der Waals surface area contributed by atoms with Crippen molar-refractivity contribution in [3.05, 3.63) is 71.2 Å². The lowest BCUT2D eigenvalue weighted by Crippen LogP contribution is -2.09. The van der Waals surface area contributed by atoms with Crippen LogP contribution in [0.4, 0.5) is 10.3 Å². The summed E-state index contributed by atoms with van der Waals surface area (Å²) in [5.74, 6) is 0.816. The van der Waals surface area contributed by atoms with Gasteiger partial charge in [0, 0.05) is 47.6 Å². The van der Waals surface area contributed by atoms with Crippen molar-refractivity contribution in [3.8, 4) is 29.0 Å². The zero-order valence-electron chi connectivity index (χ0n) is 16.1. The first-order valence-electron chi connectivity index (χ1n) is 9.49. The summed E-state index contributed by atoms with van der Waals surface area (Å²) in [6.07, 6.45) is 5.40. The maximum absolute atomic E-state index is 14.5. The van der Waals surface area contributed by atoms with Crippen LogP contribution in [-0.2, 0) is 13.0 Å². The molecule has 0 fully saturated rings. The van der Waals surface area contributed by atoms with Crippen molar-refractivity contribution in [3.63, 3.8) is 0 Å². The smallest absolute Gasteiger partial charge is 0.208 e. The van der Waals surface area contributed by atoms with Gasteiger partial charge >= 0.3 is 0 Å². The number of pyridine rings is 1. The minimum Gasteiger partial charge on any atom is -0.493 e. The van der Waals surface area contributed by atoms with Crippen LogP contribution in [-0.4, -0.2) is 26.0 Å². The third-order valence-corrected chi connectivity index (χ3v) is 5.16. The number of hydrogen-bond donors (Lipinski definition) is 1. The summed E-state index contributed by atoms with van der Waals surface area (Å²) in [5, 5.41) is 21.4. The van der Waals surface area contributed by atoms with Crippen LogP contribution < -0.4 is 10.1 Å². The first kappa shape index (κ1) is 18.5. The Morgan fingerprint density at radius 2 is 1.97 bits per heavy atom. The number of aromatic nitrogens is 4. The standard InChI is InChI=1S/C22H14FN7O/c23-19-3-4-20-16(5-6-31-20)18(19)11-28-22-27-10-17(13-1-2-14(7-24)26-9-13)21-29-15(8-25)12-30(21)22/h1-4,9-10,12H,5-6,11H2,(H,27,28). The number of benzene rings is 1. The molecule has 0 amide bonds. The molecule has 31 heavy (non-hydrogen) atoms. The summed E-state index contributed by atoms with van der Waals surface area (Å²) in [6.45, 7) is 0.743. The van der Waals surface area contributed by atoms with Crippen LogP contribution in [0, 0.1) is 28.5 Å². The molecule has 8 nitrogen and oxygen atoms in total. The number of imidazole rings is 1. The van der Waals surface area contributed by atoms with Gasteiger partial charge in [0.05, 0.1) is 12.8 Å². The van der Waals surface area contributed by atoms with Gasteiger partial charge in [-0.05, 0) is 24.3 Å². The van der Waals surface area contributed by atoms with Gasteiger partial charge in [-0.25, -0.2) is 19.3 Å². The number of nitriles is 2. The largest absolute Gasteiger partial charge is 0.493 e. The van der Waals surface area contributed by atoms with Gasteiger partial charge in [0.25, 0.3) is 0 Å². The lowest BCUT2D eigenvalue weighted by atomic mass is 10.0. The van der Waals surface area contributed by atoms with E-state index in [0.717, 1.165) is 5.56 Å². The first-order chi connectivity index (χ1) is 15.2. The molecule has 0 unspecified atom stereocenters. The number of hydrogen-bond acceptors (Lipinski definition) is 7. The topological polar surface area (TPSA) is 112 Å². The predicted molar refractivity (Wildman–Crippen MR) is 109 cm³/mol. The molecule has 0 saturated carbocycles. The number of halogens is 1. The van der Waals surface area contributed by atoms with Crippen molar-refractivity contribution >= 4 is 11.6 Å². The molecule has 3 aromatic heterocycles. The Balaban J connectivity index is 1.54. The summed E-state index contributed by atoms with van der Waals surface area (Å²) in [5.41, 5.74) is 3.78. The molecule has 1 N–H and O–H groups in total. The normalized spacial score (nSPS) is 12.1. The van der Waals surface area contributed by atoms with E-state index in [4.69, 9.17) is 10.00 Å². The Hall–Kier alpha value is -4.50. The zero-order chi connectivity index (χ0) is 21.4. The molecule has 0 aliphatic carbocycles. The highest BCUT2D eigenvalue weighted by atomic mass is 19.1. The van der Waals surface area contributed by atoms with Gasteiger partial charge in [-0.1, -0.05) is 0 Å². The lowest BCUT2D eigenvalue weighted by molar-refractivity contribution is 0.356. The highest BCUT2D eigenvalue weighted by Crippen LogP contribution is 2.31. The Kier molecular flexibility index (Phi) is 4.42. The third kappa shape index (κ3) is 3.18. The summed E-state index contributed by atoms with van der Waals surface area (Å²) >= 11 is 0. The minimum atomic E-state index is -0.309. The van der Waals surface area contributed by atoms with E-state index in [1.807, 2.05) is 12.1 Å². The van der Waals surface area contributed by atoms with E-state index >= 15 is 0 Å². The molecule has 4 heterocycles. The molecule has 1 aliphatic rings. The quantitative estimate of drug-likeness (QED) is 0.549. The lowest BCUT2D eigenvalue weighted by Gasteiger charge is -2.13. The highest BCUT2D eigenvalue weighted by Gasteiger charge is 2.20. The monoisotopic (exact) mass is 411 g/mol.